The largest absolute Gasteiger partial charge is 0.197 e. The number of nitrogens with zero attached hydrogens (tertiary/aromatic N) is 1. The molecule has 1 nitrogen and oxygen atoms in total. The molecule has 0 N–H and O–H groups in total. The molecule has 0 aromatic heterocycles. The molecule has 0 saturated heterocycles. The molecule has 0 amide bonds. The van der Waals surface area contributed by atoms with Crippen LogP contribution >= 0.6 is 27.7 Å². The molecule has 0 unspecified atom stereocenters. The highest BCUT2D eigenvalue weighted by Gasteiger charge is 2.44. The molecule has 1 saturated carbocycles. The summed E-state index contributed by atoms with van der Waals surface area (Å²) >= 11 is 5.10. The van der Waals surface area contributed by atoms with Crippen molar-refractivity contribution in [2.24, 2.45) is 0 Å². The van der Waals surface area contributed by atoms with Gasteiger partial charge < -0.3 is 0 Å². The van der Waals surface area contributed by atoms with E-state index in [1.54, 1.807) is 11.8 Å². The SMILES string of the molecule is N#CC1(Sc2cccc(Br)c2)CC1. The molecule has 66 valence electrons. The first kappa shape index (κ1) is 9.11. The van der Waals surface area contributed by atoms with Gasteiger partial charge in [0.25, 0.3) is 0 Å². The fourth-order valence-electron chi connectivity index (χ4n) is 1.11. The van der Waals surface area contributed by atoms with E-state index in [1.807, 2.05) is 18.2 Å². The van der Waals surface area contributed by atoms with Gasteiger partial charge in [-0.1, -0.05) is 22.0 Å². The molecule has 0 bridgehead atoms. The van der Waals surface area contributed by atoms with Crippen LogP contribution in [0.25, 0.3) is 0 Å². The third kappa shape index (κ3) is 2.07. The van der Waals surface area contributed by atoms with Gasteiger partial charge in [0, 0.05) is 9.37 Å². The molecule has 1 aromatic carbocycles. The second-order valence-electron chi connectivity index (χ2n) is 3.17. The number of thioether (sulfide) groups is 1. The maximum Gasteiger partial charge on any atom is 0.107 e. The van der Waals surface area contributed by atoms with Crippen LogP contribution < -0.4 is 0 Å². The summed E-state index contributed by atoms with van der Waals surface area (Å²) in [6.45, 7) is 0. The van der Waals surface area contributed by atoms with Crippen molar-refractivity contribution in [1.82, 2.24) is 0 Å². The minimum absolute atomic E-state index is 0.110. The average Bonchev–Trinajstić information content (AvgIpc) is 2.86. The van der Waals surface area contributed by atoms with Gasteiger partial charge in [-0.15, -0.1) is 11.8 Å². The Morgan fingerprint density at radius 1 is 1.46 bits per heavy atom. The van der Waals surface area contributed by atoms with E-state index in [1.165, 1.54) is 4.90 Å². The Hall–Kier alpha value is -0.460. The first-order chi connectivity index (χ1) is 6.24. The first-order valence-corrected chi connectivity index (χ1v) is 5.71. The highest BCUT2D eigenvalue weighted by atomic mass is 79.9. The lowest BCUT2D eigenvalue weighted by Gasteiger charge is -2.04. The van der Waals surface area contributed by atoms with E-state index >= 15 is 0 Å². The van der Waals surface area contributed by atoms with Crippen molar-refractivity contribution in [1.29, 1.82) is 5.26 Å². The summed E-state index contributed by atoms with van der Waals surface area (Å²) in [5.74, 6) is 0. The van der Waals surface area contributed by atoms with Crippen LogP contribution in [0.3, 0.4) is 0 Å². The Balaban J connectivity index is 2.15. The maximum atomic E-state index is 8.90. The van der Waals surface area contributed by atoms with Gasteiger partial charge in [-0.25, -0.2) is 0 Å². The Bertz CT molecular complexity index is 365. The molecular weight excluding hydrogens is 246 g/mol. The molecule has 2 rings (SSSR count). The van der Waals surface area contributed by atoms with Crippen LogP contribution in [0, 0.1) is 11.3 Å². The number of rotatable bonds is 2. The van der Waals surface area contributed by atoms with E-state index in [0.717, 1.165) is 17.3 Å². The lowest BCUT2D eigenvalue weighted by Crippen LogP contribution is -1.95. The van der Waals surface area contributed by atoms with Crippen molar-refractivity contribution in [3.63, 3.8) is 0 Å². The van der Waals surface area contributed by atoms with Gasteiger partial charge in [0.05, 0.1) is 6.07 Å². The maximum absolute atomic E-state index is 8.90. The lowest BCUT2D eigenvalue weighted by molar-refractivity contribution is 1.19. The summed E-state index contributed by atoms with van der Waals surface area (Å²) in [4.78, 5) is 1.17. The average molecular weight is 254 g/mol. The predicted molar refractivity (Wildman–Crippen MR) is 57.6 cm³/mol. The molecular formula is C10H8BrNS. The van der Waals surface area contributed by atoms with Crippen LogP contribution in [-0.4, -0.2) is 4.75 Å². The smallest absolute Gasteiger partial charge is 0.107 e. The summed E-state index contributed by atoms with van der Waals surface area (Å²) in [5.41, 5.74) is 0. The molecule has 0 radical (unpaired) electrons. The standard InChI is InChI=1S/C10H8BrNS/c11-8-2-1-3-9(6-8)13-10(7-12)4-5-10/h1-3,6H,4-5H2. The zero-order valence-corrected chi connectivity index (χ0v) is 9.36. The zero-order valence-electron chi connectivity index (χ0n) is 6.96. The van der Waals surface area contributed by atoms with Crippen LogP contribution in [-0.2, 0) is 0 Å². The van der Waals surface area contributed by atoms with E-state index < -0.39 is 0 Å². The van der Waals surface area contributed by atoms with Gasteiger partial charge in [0.1, 0.15) is 4.75 Å². The third-order valence-corrected chi connectivity index (χ3v) is 3.89. The van der Waals surface area contributed by atoms with Crippen LogP contribution in [0.4, 0.5) is 0 Å². The van der Waals surface area contributed by atoms with E-state index in [-0.39, 0.29) is 4.75 Å². The minimum Gasteiger partial charge on any atom is -0.197 e. The van der Waals surface area contributed by atoms with Gasteiger partial charge in [0.15, 0.2) is 0 Å². The van der Waals surface area contributed by atoms with Crippen molar-refractivity contribution in [2.45, 2.75) is 22.5 Å². The second-order valence-corrected chi connectivity index (χ2v) is 5.54. The van der Waals surface area contributed by atoms with Gasteiger partial charge in [-0.05, 0) is 31.0 Å². The quantitative estimate of drug-likeness (QED) is 0.805. The van der Waals surface area contributed by atoms with Crippen LogP contribution in [0.2, 0.25) is 0 Å². The summed E-state index contributed by atoms with van der Waals surface area (Å²) in [7, 11) is 0. The number of nitriles is 1. The highest BCUT2D eigenvalue weighted by molar-refractivity contribution is 9.10. The molecule has 0 spiro atoms. The molecule has 3 heteroatoms. The Labute approximate surface area is 90.3 Å². The molecule has 0 atom stereocenters. The summed E-state index contributed by atoms with van der Waals surface area (Å²) < 4.78 is 0.965. The minimum atomic E-state index is -0.110. The van der Waals surface area contributed by atoms with Gasteiger partial charge >= 0.3 is 0 Å². The Morgan fingerprint density at radius 2 is 2.23 bits per heavy atom. The third-order valence-electron chi connectivity index (χ3n) is 2.02. The molecule has 0 heterocycles. The molecule has 13 heavy (non-hydrogen) atoms. The predicted octanol–water partition coefficient (Wildman–Crippen LogP) is 3.60. The van der Waals surface area contributed by atoms with E-state index in [4.69, 9.17) is 5.26 Å². The van der Waals surface area contributed by atoms with Crippen molar-refractivity contribution in [2.75, 3.05) is 0 Å². The molecule has 0 aliphatic heterocycles. The van der Waals surface area contributed by atoms with Crippen molar-refractivity contribution >= 4 is 27.7 Å². The lowest BCUT2D eigenvalue weighted by atomic mass is 10.4. The fraction of sp³-hybridized carbons (Fsp3) is 0.300. The summed E-state index contributed by atoms with van der Waals surface area (Å²) in [6.07, 6.45) is 2.06. The highest BCUT2D eigenvalue weighted by Crippen LogP contribution is 2.51. The van der Waals surface area contributed by atoms with Gasteiger partial charge in [0.2, 0.25) is 0 Å². The van der Waals surface area contributed by atoms with Gasteiger partial charge in [-0.3, -0.25) is 0 Å². The van der Waals surface area contributed by atoms with E-state index in [0.29, 0.717) is 0 Å². The molecule has 1 aliphatic carbocycles. The molecule has 1 fully saturated rings. The Kier molecular flexibility index (Phi) is 2.35. The number of benzene rings is 1. The van der Waals surface area contributed by atoms with Gasteiger partial charge in [-0.2, -0.15) is 5.26 Å². The van der Waals surface area contributed by atoms with E-state index in [9.17, 15) is 0 Å². The molecule has 1 aliphatic rings. The van der Waals surface area contributed by atoms with Crippen molar-refractivity contribution in [3.05, 3.63) is 28.7 Å². The summed E-state index contributed by atoms with van der Waals surface area (Å²) in [6, 6.07) is 10.5. The zero-order chi connectivity index (χ0) is 9.31. The van der Waals surface area contributed by atoms with Crippen LogP contribution in [0.15, 0.2) is 33.6 Å². The van der Waals surface area contributed by atoms with Crippen molar-refractivity contribution < 1.29 is 0 Å². The normalized spacial score (nSPS) is 17.8. The monoisotopic (exact) mass is 253 g/mol. The number of hydrogen-bond acceptors (Lipinski definition) is 2. The Morgan fingerprint density at radius 3 is 2.77 bits per heavy atom. The number of halogens is 1. The van der Waals surface area contributed by atoms with Crippen LogP contribution in [0.5, 0.6) is 0 Å². The summed E-state index contributed by atoms with van der Waals surface area (Å²) in [5, 5.41) is 8.90. The first-order valence-electron chi connectivity index (χ1n) is 4.10. The second kappa shape index (κ2) is 3.36. The molecule has 1 aromatic rings. The fourth-order valence-corrected chi connectivity index (χ4v) is 2.79. The van der Waals surface area contributed by atoms with Crippen molar-refractivity contribution in [3.8, 4) is 6.07 Å². The topological polar surface area (TPSA) is 23.8 Å². The van der Waals surface area contributed by atoms with E-state index in [2.05, 4.69) is 28.1 Å². The number of hydrogen-bond donors (Lipinski definition) is 0. The van der Waals surface area contributed by atoms with Crippen LogP contribution in [0.1, 0.15) is 12.8 Å².